The number of hydrogen-bond acceptors (Lipinski definition) is 2. The first-order valence-corrected chi connectivity index (χ1v) is 20.1. The lowest BCUT2D eigenvalue weighted by Gasteiger charge is -2.34. The van der Waals surface area contributed by atoms with Crippen LogP contribution in [0.2, 0.25) is 0 Å². The zero-order valence-corrected chi connectivity index (χ0v) is 31.4. The van der Waals surface area contributed by atoms with Gasteiger partial charge in [-0.15, -0.1) is 0 Å². The Kier molecular flexibility index (Phi) is 6.49. The van der Waals surface area contributed by atoms with Crippen LogP contribution in [0.4, 0.5) is 0 Å². The summed E-state index contributed by atoms with van der Waals surface area (Å²) in [7, 11) is 0. The van der Waals surface area contributed by atoms with Gasteiger partial charge >= 0.3 is 0 Å². The molecular weight excluding hydrogens is 703 g/mol. The molecule has 0 saturated carbocycles. The molecule has 3 heteroatoms. The average Bonchev–Trinajstić information content (AvgIpc) is 3.76. The van der Waals surface area contributed by atoms with Crippen LogP contribution >= 0.6 is 0 Å². The van der Waals surface area contributed by atoms with Crippen molar-refractivity contribution >= 4 is 23.1 Å². The van der Waals surface area contributed by atoms with Crippen molar-refractivity contribution in [2.45, 2.75) is 5.41 Å². The van der Waals surface area contributed by atoms with Crippen LogP contribution in [0.3, 0.4) is 0 Å². The van der Waals surface area contributed by atoms with Crippen LogP contribution in [0.25, 0.3) is 55.6 Å². The molecule has 0 atom stereocenters. The number of hydrogen-bond donors (Lipinski definition) is 0. The lowest BCUT2D eigenvalue weighted by molar-refractivity contribution is 0.465. The Bertz CT molecular complexity index is 3140. The molecule has 0 aromatic heterocycles. The summed E-state index contributed by atoms with van der Waals surface area (Å²) in [4.78, 5) is 0. The first-order valence-electron chi connectivity index (χ1n) is 20.1. The highest BCUT2D eigenvalue weighted by atomic mass is 16.5. The molecule has 4 aliphatic rings. The van der Waals surface area contributed by atoms with Crippen molar-refractivity contribution in [3.8, 4) is 78.6 Å². The van der Waals surface area contributed by atoms with E-state index in [2.05, 4.69) is 194 Å². The van der Waals surface area contributed by atoms with Gasteiger partial charge in [0.05, 0.1) is 5.41 Å². The van der Waals surface area contributed by atoms with Gasteiger partial charge in [0.1, 0.15) is 23.0 Å². The summed E-state index contributed by atoms with van der Waals surface area (Å²) in [5, 5.41) is 0. The van der Waals surface area contributed by atoms with E-state index in [0.717, 1.165) is 56.1 Å². The van der Waals surface area contributed by atoms with Gasteiger partial charge in [-0.2, -0.15) is 0 Å². The first-order chi connectivity index (χ1) is 28.8. The highest BCUT2D eigenvalue weighted by Gasteiger charge is 2.52. The predicted molar refractivity (Wildman–Crippen MR) is 237 cm³/mol. The molecule has 0 radical (unpaired) electrons. The van der Waals surface area contributed by atoms with Crippen LogP contribution in [0.5, 0.6) is 23.0 Å². The highest BCUT2D eigenvalue weighted by molar-refractivity contribution is 6.98. The molecule has 0 N–H and O–H groups in total. The van der Waals surface area contributed by atoms with Gasteiger partial charge in [0.2, 0.25) is 0 Å². The molecule has 9 aromatic carbocycles. The zero-order chi connectivity index (χ0) is 38.0. The Morgan fingerprint density at radius 3 is 1.50 bits per heavy atom. The van der Waals surface area contributed by atoms with Gasteiger partial charge < -0.3 is 9.47 Å². The lowest BCUT2D eigenvalue weighted by atomic mass is 9.34. The summed E-state index contributed by atoms with van der Waals surface area (Å²) < 4.78 is 13.5. The molecule has 13 rings (SSSR count). The summed E-state index contributed by atoms with van der Waals surface area (Å²) in [6.45, 7) is 0.00801. The van der Waals surface area contributed by atoms with Crippen molar-refractivity contribution in [2.24, 2.45) is 0 Å². The van der Waals surface area contributed by atoms with Crippen molar-refractivity contribution in [3.05, 3.63) is 222 Å². The fraction of sp³-hybridized carbons (Fsp3) is 0.0182. The van der Waals surface area contributed by atoms with Crippen LogP contribution in [0.15, 0.2) is 200 Å². The average molecular weight is 737 g/mol. The Balaban J connectivity index is 1.04. The van der Waals surface area contributed by atoms with Gasteiger partial charge in [0, 0.05) is 11.0 Å². The molecule has 9 aromatic rings. The van der Waals surface area contributed by atoms with Gasteiger partial charge in [-0.3, -0.25) is 0 Å². The molecule has 2 nitrogen and oxygen atoms in total. The zero-order valence-electron chi connectivity index (χ0n) is 31.4. The van der Waals surface area contributed by atoms with Crippen LogP contribution in [0, 0.1) is 0 Å². The first kappa shape index (κ1) is 31.8. The maximum Gasteiger partial charge on any atom is 0.260 e. The normalized spacial score (nSPS) is 13.9. The number of fused-ring (bicyclic) bond motifs is 14. The second kappa shape index (κ2) is 11.8. The van der Waals surface area contributed by atoms with Crippen molar-refractivity contribution in [2.75, 3.05) is 0 Å². The van der Waals surface area contributed by atoms with E-state index in [1.807, 2.05) is 6.07 Å². The minimum absolute atomic E-state index is 0.00801. The minimum atomic E-state index is -0.476. The summed E-state index contributed by atoms with van der Waals surface area (Å²) in [6.07, 6.45) is 0. The third kappa shape index (κ3) is 4.17. The number of para-hydroxylation sites is 2. The van der Waals surface area contributed by atoms with Crippen LogP contribution in [-0.2, 0) is 5.41 Å². The van der Waals surface area contributed by atoms with Gasteiger partial charge in [-0.25, -0.2) is 0 Å². The molecule has 1 spiro atoms. The van der Waals surface area contributed by atoms with Crippen molar-refractivity contribution in [3.63, 3.8) is 0 Å². The fourth-order valence-electron chi connectivity index (χ4n) is 10.7. The molecule has 2 aliphatic carbocycles. The van der Waals surface area contributed by atoms with Crippen LogP contribution < -0.4 is 25.9 Å². The highest BCUT2D eigenvalue weighted by Crippen LogP contribution is 2.63. The van der Waals surface area contributed by atoms with Gasteiger partial charge in [-0.05, 0) is 120 Å². The smallest absolute Gasteiger partial charge is 0.260 e. The van der Waals surface area contributed by atoms with E-state index in [4.69, 9.17) is 9.47 Å². The van der Waals surface area contributed by atoms with E-state index in [1.54, 1.807) is 0 Å². The summed E-state index contributed by atoms with van der Waals surface area (Å²) in [5.41, 5.74) is 20.4. The Hall–Kier alpha value is -7.36. The summed E-state index contributed by atoms with van der Waals surface area (Å²) >= 11 is 0. The molecule has 58 heavy (non-hydrogen) atoms. The molecule has 268 valence electrons. The predicted octanol–water partition coefficient (Wildman–Crippen LogP) is 11.8. The Morgan fingerprint density at radius 1 is 0.310 bits per heavy atom. The van der Waals surface area contributed by atoms with Crippen molar-refractivity contribution < 1.29 is 9.47 Å². The van der Waals surface area contributed by atoms with Crippen molar-refractivity contribution in [1.29, 1.82) is 0 Å². The number of rotatable bonds is 3. The quantitative estimate of drug-likeness (QED) is 0.168. The van der Waals surface area contributed by atoms with Gasteiger partial charge in [0.25, 0.3) is 6.71 Å². The van der Waals surface area contributed by atoms with E-state index >= 15 is 0 Å². The third-order valence-electron chi connectivity index (χ3n) is 13.1. The SMILES string of the molecule is c1ccc(-c2ccc3c(c2)C2(c4ccccc4-c4ccccc42)c2cc(-c4ccccc4-c4ccc5c6c4Oc4ccccc4B6c4ccccc4O5)ccc2-3)cc1. The molecular formula is C55H33BO2. The van der Waals surface area contributed by atoms with E-state index in [0.29, 0.717) is 0 Å². The maximum absolute atomic E-state index is 6.95. The lowest BCUT2D eigenvalue weighted by Crippen LogP contribution is -2.57. The van der Waals surface area contributed by atoms with E-state index < -0.39 is 5.41 Å². The molecule has 0 amide bonds. The van der Waals surface area contributed by atoms with Crippen LogP contribution in [-0.4, -0.2) is 6.71 Å². The fourth-order valence-corrected chi connectivity index (χ4v) is 10.7. The third-order valence-corrected chi connectivity index (χ3v) is 13.1. The topological polar surface area (TPSA) is 18.5 Å². The Labute approximate surface area is 337 Å². The van der Waals surface area contributed by atoms with Crippen LogP contribution in [0.1, 0.15) is 22.3 Å². The molecule has 0 bridgehead atoms. The largest absolute Gasteiger partial charge is 0.458 e. The summed E-state index contributed by atoms with van der Waals surface area (Å²) in [6, 6.07) is 73.1. The molecule has 0 saturated heterocycles. The van der Waals surface area contributed by atoms with Gasteiger partial charge in [0.15, 0.2) is 0 Å². The van der Waals surface area contributed by atoms with E-state index in [-0.39, 0.29) is 6.71 Å². The standard InChI is InChI=1S/C55H33BO2/c1-2-14-34(15-3-1)35-26-28-41-42-29-27-36(33-47(42)55(46(41)32-35)44-20-8-6-18-39(44)40-19-7-9-21-45(40)55)37-16-4-5-17-38(37)43-30-31-52-53-54(43)58-51-25-13-11-23-49(51)56(53)48-22-10-12-24-50(48)57-52/h1-33H. The number of ether oxygens (including phenoxy) is 2. The molecule has 2 heterocycles. The monoisotopic (exact) mass is 736 g/mol. The molecule has 0 fully saturated rings. The minimum Gasteiger partial charge on any atom is -0.458 e. The van der Waals surface area contributed by atoms with E-state index in [9.17, 15) is 0 Å². The second-order valence-electron chi connectivity index (χ2n) is 15.8. The summed E-state index contributed by atoms with van der Waals surface area (Å²) in [5.74, 6) is 3.49. The molecule has 2 aliphatic heterocycles. The molecule has 0 unspecified atom stereocenters. The van der Waals surface area contributed by atoms with E-state index in [1.165, 1.54) is 61.2 Å². The second-order valence-corrected chi connectivity index (χ2v) is 15.8. The van der Waals surface area contributed by atoms with Gasteiger partial charge in [-0.1, -0.05) is 164 Å². The maximum atomic E-state index is 6.95. The number of benzene rings is 9. The van der Waals surface area contributed by atoms with Crippen molar-refractivity contribution in [1.82, 2.24) is 0 Å². The Morgan fingerprint density at radius 2 is 0.810 bits per heavy atom.